The SMILES string of the molecule is CCCCCCOc1ccc(NC(=O)C(C)c2ccccc2)cc1. The van der Waals surface area contributed by atoms with Crippen molar-refractivity contribution in [2.45, 2.75) is 45.4 Å². The maximum Gasteiger partial charge on any atom is 0.231 e. The standard InChI is InChI=1S/C21H27NO2/c1-3-4-5-9-16-24-20-14-12-19(13-15-20)22-21(23)17(2)18-10-7-6-8-11-18/h6-8,10-15,17H,3-5,9,16H2,1-2H3,(H,22,23). The molecule has 0 bridgehead atoms. The number of rotatable bonds is 9. The van der Waals surface area contributed by atoms with Crippen LogP contribution in [0.2, 0.25) is 0 Å². The fourth-order valence-corrected chi connectivity index (χ4v) is 2.50. The lowest BCUT2D eigenvalue weighted by molar-refractivity contribution is -0.117. The summed E-state index contributed by atoms with van der Waals surface area (Å²) in [7, 11) is 0. The molecule has 1 atom stereocenters. The molecule has 0 heterocycles. The maximum atomic E-state index is 12.3. The third kappa shape index (κ3) is 5.73. The lowest BCUT2D eigenvalue weighted by Crippen LogP contribution is -2.18. The highest BCUT2D eigenvalue weighted by atomic mass is 16.5. The molecule has 0 radical (unpaired) electrons. The summed E-state index contributed by atoms with van der Waals surface area (Å²) in [4.78, 5) is 12.3. The first-order valence-corrected chi connectivity index (χ1v) is 8.79. The quantitative estimate of drug-likeness (QED) is 0.628. The molecule has 0 saturated carbocycles. The third-order valence-corrected chi connectivity index (χ3v) is 4.08. The van der Waals surface area contributed by atoms with Crippen molar-refractivity contribution in [1.82, 2.24) is 0 Å². The summed E-state index contributed by atoms with van der Waals surface area (Å²) in [5.41, 5.74) is 1.81. The Morgan fingerprint density at radius 3 is 2.38 bits per heavy atom. The summed E-state index contributed by atoms with van der Waals surface area (Å²) in [6, 6.07) is 17.4. The molecule has 0 aromatic heterocycles. The topological polar surface area (TPSA) is 38.3 Å². The van der Waals surface area contributed by atoms with Crippen molar-refractivity contribution in [2.75, 3.05) is 11.9 Å². The molecule has 2 aromatic rings. The number of carbonyl (C=O) groups is 1. The van der Waals surface area contributed by atoms with Crippen LogP contribution < -0.4 is 10.1 Å². The van der Waals surface area contributed by atoms with Crippen LogP contribution >= 0.6 is 0 Å². The summed E-state index contributed by atoms with van der Waals surface area (Å²) >= 11 is 0. The van der Waals surface area contributed by atoms with E-state index in [1.54, 1.807) is 0 Å². The van der Waals surface area contributed by atoms with Crippen molar-refractivity contribution in [3.63, 3.8) is 0 Å². The van der Waals surface area contributed by atoms with Crippen molar-refractivity contribution < 1.29 is 9.53 Å². The first-order chi connectivity index (χ1) is 11.7. The van der Waals surface area contributed by atoms with Gasteiger partial charge < -0.3 is 10.1 Å². The summed E-state index contributed by atoms with van der Waals surface area (Å²) in [5, 5.41) is 2.96. The van der Waals surface area contributed by atoms with E-state index >= 15 is 0 Å². The molecule has 0 aliphatic carbocycles. The number of hydrogen-bond donors (Lipinski definition) is 1. The summed E-state index contributed by atoms with van der Waals surface area (Å²) in [6.45, 7) is 4.86. The first-order valence-electron chi connectivity index (χ1n) is 8.79. The van der Waals surface area contributed by atoms with Gasteiger partial charge in [0.05, 0.1) is 12.5 Å². The Balaban J connectivity index is 1.81. The summed E-state index contributed by atoms with van der Waals surface area (Å²) < 4.78 is 5.72. The molecule has 1 N–H and O–H groups in total. The zero-order valence-corrected chi connectivity index (χ0v) is 14.6. The van der Waals surface area contributed by atoms with Gasteiger partial charge in [-0.3, -0.25) is 4.79 Å². The van der Waals surface area contributed by atoms with Gasteiger partial charge in [-0.1, -0.05) is 56.5 Å². The largest absolute Gasteiger partial charge is 0.494 e. The van der Waals surface area contributed by atoms with Crippen molar-refractivity contribution >= 4 is 11.6 Å². The number of amides is 1. The highest BCUT2D eigenvalue weighted by Crippen LogP contribution is 2.20. The molecule has 3 heteroatoms. The van der Waals surface area contributed by atoms with Crippen LogP contribution in [0.5, 0.6) is 5.75 Å². The van der Waals surface area contributed by atoms with Crippen molar-refractivity contribution in [3.05, 3.63) is 60.2 Å². The van der Waals surface area contributed by atoms with Gasteiger partial charge in [-0.25, -0.2) is 0 Å². The molecule has 3 nitrogen and oxygen atoms in total. The highest BCUT2D eigenvalue weighted by molar-refractivity contribution is 5.95. The van der Waals surface area contributed by atoms with Crippen LogP contribution in [0.3, 0.4) is 0 Å². The van der Waals surface area contributed by atoms with Gasteiger partial charge in [0.25, 0.3) is 0 Å². The summed E-state index contributed by atoms with van der Waals surface area (Å²) in [5.74, 6) is 0.663. The normalized spacial score (nSPS) is 11.8. The van der Waals surface area contributed by atoms with E-state index < -0.39 is 0 Å². The van der Waals surface area contributed by atoms with Gasteiger partial charge >= 0.3 is 0 Å². The zero-order chi connectivity index (χ0) is 17.2. The van der Waals surface area contributed by atoms with Gasteiger partial charge in [-0.2, -0.15) is 0 Å². The smallest absolute Gasteiger partial charge is 0.231 e. The molecule has 24 heavy (non-hydrogen) atoms. The number of benzene rings is 2. The van der Waals surface area contributed by atoms with Crippen LogP contribution in [0.25, 0.3) is 0 Å². The minimum atomic E-state index is -0.180. The molecule has 0 aliphatic rings. The molecule has 0 saturated heterocycles. The Labute approximate surface area is 145 Å². The molecule has 0 fully saturated rings. The molecule has 128 valence electrons. The lowest BCUT2D eigenvalue weighted by atomic mass is 10.0. The maximum absolute atomic E-state index is 12.3. The molecule has 0 aliphatic heterocycles. The average Bonchev–Trinajstić information content (AvgIpc) is 2.63. The summed E-state index contributed by atoms with van der Waals surface area (Å²) in [6.07, 6.45) is 4.78. The van der Waals surface area contributed by atoms with Crippen LogP contribution in [-0.2, 0) is 4.79 Å². The minimum Gasteiger partial charge on any atom is -0.494 e. The number of unbranched alkanes of at least 4 members (excludes halogenated alkanes) is 3. The fraction of sp³-hybridized carbons (Fsp3) is 0.381. The van der Waals surface area contributed by atoms with E-state index in [4.69, 9.17) is 4.74 Å². The van der Waals surface area contributed by atoms with Crippen LogP contribution in [0, 0.1) is 0 Å². The van der Waals surface area contributed by atoms with Gasteiger partial charge in [0, 0.05) is 5.69 Å². The number of ether oxygens (including phenoxy) is 1. The predicted molar refractivity (Wildman–Crippen MR) is 99.6 cm³/mol. The van der Waals surface area contributed by atoms with Crippen molar-refractivity contribution in [3.8, 4) is 5.75 Å². The second-order valence-electron chi connectivity index (χ2n) is 6.06. The van der Waals surface area contributed by atoms with E-state index in [1.807, 2.05) is 61.5 Å². The van der Waals surface area contributed by atoms with Crippen molar-refractivity contribution in [2.24, 2.45) is 0 Å². The van der Waals surface area contributed by atoms with Crippen LogP contribution in [0.15, 0.2) is 54.6 Å². The average molecular weight is 325 g/mol. The predicted octanol–water partition coefficient (Wildman–Crippen LogP) is 5.39. The molecule has 1 unspecified atom stereocenters. The Hall–Kier alpha value is -2.29. The fourth-order valence-electron chi connectivity index (χ4n) is 2.50. The van der Waals surface area contributed by atoms with Crippen LogP contribution in [-0.4, -0.2) is 12.5 Å². The Kier molecular flexibility index (Phi) is 7.34. The Morgan fingerprint density at radius 2 is 1.71 bits per heavy atom. The van der Waals surface area contributed by atoms with E-state index in [9.17, 15) is 4.79 Å². The Morgan fingerprint density at radius 1 is 1.00 bits per heavy atom. The van der Waals surface area contributed by atoms with E-state index in [-0.39, 0.29) is 11.8 Å². The molecular weight excluding hydrogens is 298 g/mol. The van der Waals surface area contributed by atoms with Gasteiger partial charge in [0.15, 0.2) is 0 Å². The Bertz CT molecular complexity index is 607. The number of hydrogen-bond acceptors (Lipinski definition) is 2. The van der Waals surface area contributed by atoms with Crippen LogP contribution in [0.4, 0.5) is 5.69 Å². The number of anilines is 1. The second kappa shape index (κ2) is 9.76. The first kappa shape index (κ1) is 18.1. The number of carbonyl (C=O) groups excluding carboxylic acids is 1. The molecule has 1 amide bonds. The molecular formula is C21H27NO2. The lowest BCUT2D eigenvalue weighted by Gasteiger charge is -2.13. The molecule has 2 aromatic carbocycles. The van der Waals surface area contributed by atoms with Gasteiger partial charge in [0.2, 0.25) is 5.91 Å². The highest BCUT2D eigenvalue weighted by Gasteiger charge is 2.14. The van der Waals surface area contributed by atoms with Gasteiger partial charge in [-0.05, 0) is 43.2 Å². The molecule has 0 spiro atoms. The van der Waals surface area contributed by atoms with Crippen molar-refractivity contribution in [1.29, 1.82) is 0 Å². The van der Waals surface area contributed by atoms with E-state index in [2.05, 4.69) is 12.2 Å². The van der Waals surface area contributed by atoms with E-state index in [0.717, 1.165) is 30.0 Å². The van der Waals surface area contributed by atoms with Gasteiger partial charge in [0.1, 0.15) is 5.75 Å². The van der Waals surface area contributed by atoms with Crippen LogP contribution in [0.1, 0.15) is 51.0 Å². The van der Waals surface area contributed by atoms with Gasteiger partial charge in [-0.15, -0.1) is 0 Å². The van der Waals surface area contributed by atoms with E-state index in [0.29, 0.717) is 0 Å². The third-order valence-electron chi connectivity index (χ3n) is 4.08. The number of nitrogens with one attached hydrogen (secondary N) is 1. The molecule has 2 rings (SSSR count). The second-order valence-corrected chi connectivity index (χ2v) is 6.06. The zero-order valence-electron chi connectivity index (χ0n) is 14.6. The monoisotopic (exact) mass is 325 g/mol. The minimum absolute atomic E-state index is 0.00515. The van der Waals surface area contributed by atoms with E-state index in [1.165, 1.54) is 19.3 Å².